The predicted octanol–water partition coefficient (Wildman–Crippen LogP) is 1.55. The maximum Gasteiger partial charge on any atom is 0.213 e. The summed E-state index contributed by atoms with van der Waals surface area (Å²) in [4.78, 5) is 8.37. The van der Waals surface area contributed by atoms with Crippen LogP contribution in [-0.4, -0.2) is 30.6 Å². The van der Waals surface area contributed by atoms with Crippen molar-refractivity contribution in [1.29, 1.82) is 0 Å². The Morgan fingerprint density at radius 3 is 3.00 bits per heavy atom. The molecule has 104 valence electrons. The number of rotatable bonds is 5. The number of ether oxygens (including phenoxy) is 1. The van der Waals surface area contributed by atoms with Crippen molar-refractivity contribution in [2.75, 3.05) is 13.7 Å². The zero-order valence-electron chi connectivity index (χ0n) is 11.8. The molecule has 0 aromatic carbocycles. The number of nitrogens with one attached hydrogen (secondary N) is 2. The zero-order chi connectivity index (χ0) is 13.7. The number of pyridine rings is 1. The maximum absolute atomic E-state index is 5.38. The molecule has 1 fully saturated rings. The summed E-state index contributed by atoms with van der Waals surface area (Å²) in [7, 11) is 1.79. The number of nitrogens with zero attached hydrogens (tertiary/aromatic N) is 2. The summed E-state index contributed by atoms with van der Waals surface area (Å²) in [5.41, 5.74) is 1.13. The molecular formula is C14H22N4O. The highest BCUT2D eigenvalue weighted by molar-refractivity contribution is 5.80. The van der Waals surface area contributed by atoms with Crippen LogP contribution in [0.25, 0.3) is 0 Å². The van der Waals surface area contributed by atoms with Crippen molar-refractivity contribution in [3.8, 4) is 5.88 Å². The van der Waals surface area contributed by atoms with Gasteiger partial charge in [-0.3, -0.25) is 4.99 Å². The van der Waals surface area contributed by atoms with Gasteiger partial charge in [0.15, 0.2) is 5.96 Å². The lowest BCUT2D eigenvalue weighted by molar-refractivity contribution is 0.326. The van der Waals surface area contributed by atoms with E-state index >= 15 is 0 Å². The van der Waals surface area contributed by atoms with Crippen LogP contribution in [0.15, 0.2) is 23.3 Å². The van der Waals surface area contributed by atoms with Gasteiger partial charge in [0.05, 0.1) is 6.61 Å². The first kappa shape index (κ1) is 13.6. The molecule has 1 aliphatic rings. The van der Waals surface area contributed by atoms with Gasteiger partial charge in [-0.05, 0) is 30.9 Å². The van der Waals surface area contributed by atoms with Crippen LogP contribution in [0, 0.1) is 5.92 Å². The van der Waals surface area contributed by atoms with Crippen LogP contribution in [0.1, 0.15) is 25.8 Å². The van der Waals surface area contributed by atoms with Crippen molar-refractivity contribution in [2.45, 2.75) is 32.9 Å². The van der Waals surface area contributed by atoms with Gasteiger partial charge in [0.1, 0.15) is 0 Å². The van der Waals surface area contributed by atoms with E-state index in [0.29, 0.717) is 25.1 Å². The second-order valence-corrected chi connectivity index (χ2v) is 4.82. The number of guanidine groups is 1. The second-order valence-electron chi connectivity index (χ2n) is 4.82. The minimum atomic E-state index is 0.572. The molecule has 2 N–H and O–H groups in total. The molecule has 2 unspecified atom stereocenters. The van der Waals surface area contributed by atoms with Gasteiger partial charge in [0.25, 0.3) is 0 Å². The first-order valence-corrected chi connectivity index (χ1v) is 6.77. The van der Waals surface area contributed by atoms with E-state index in [-0.39, 0.29) is 0 Å². The quantitative estimate of drug-likeness (QED) is 0.624. The van der Waals surface area contributed by atoms with Crippen molar-refractivity contribution >= 4 is 5.96 Å². The van der Waals surface area contributed by atoms with Crippen LogP contribution in [-0.2, 0) is 6.54 Å². The van der Waals surface area contributed by atoms with Gasteiger partial charge in [-0.15, -0.1) is 0 Å². The molecule has 5 nitrogen and oxygen atoms in total. The molecule has 2 rings (SSSR count). The van der Waals surface area contributed by atoms with Crippen molar-refractivity contribution in [3.05, 3.63) is 23.9 Å². The third-order valence-electron chi connectivity index (χ3n) is 3.21. The lowest BCUT2D eigenvalue weighted by Gasteiger charge is -2.12. The minimum absolute atomic E-state index is 0.572. The molecule has 5 heteroatoms. The highest BCUT2D eigenvalue weighted by Gasteiger charge is 2.33. The smallest absolute Gasteiger partial charge is 0.213 e. The Morgan fingerprint density at radius 2 is 2.37 bits per heavy atom. The fourth-order valence-corrected chi connectivity index (χ4v) is 1.87. The maximum atomic E-state index is 5.38. The molecule has 1 aliphatic carbocycles. The van der Waals surface area contributed by atoms with Crippen LogP contribution in [0.3, 0.4) is 0 Å². The molecule has 1 aromatic rings. The summed E-state index contributed by atoms with van der Waals surface area (Å²) < 4.78 is 5.38. The number of hydrogen-bond donors (Lipinski definition) is 2. The SMILES string of the molecule is CCOc1cc(CNC(=NC)NC2CC2C)ccn1. The lowest BCUT2D eigenvalue weighted by Crippen LogP contribution is -2.38. The number of aromatic nitrogens is 1. The Balaban J connectivity index is 1.84. The third kappa shape index (κ3) is 4.12. The van der Waals surface area contributed by atoms with E-state index in [4.69, 9.17) is 4.74 Å². The molecule has 19 heavy (non-hydrogen) atoms. The molecule has 0 amide bonds. The van der Waals surface area contributed by atoms with E-state index < -0.39 is 0 Å². The Labute approximate surface area is 114 Å². The molecule has 0 saturated heterocycles. The van der Waals surface area contributed by atoms with Crippen molar-refractivity contribution in [3.63, 3.8) is 0 Å². The summed E-state index contributed by atoms with van der Waals surface area (Å²) in [5.74, 6) is 2.27. The molecular weight excluding hydrogens is 240 g/mol. The van der Waals surface area contributed by atoms with Gasteiger partial charge in [-0.2, -0.15) is 0 Å². The van der Waals surface area contributed by atoms with Crippen molar-refractivity contribution in [1.82, 2.24) is 15.6 Å². The minimum Gasteiger partial charge on any atom is -0.478 e. The first-order chi connectivity index (χ1) is 9.22. The topological polar surface area (TPSA) is 58.5 Å². The molecule has 1 heterocycles. The second kappa shape index (κ2) is 6.41. The molecule has 1 saturated carbocycles. The number of aliphatic imine (C=N–C) groups is 1. The van der Waals surface area contributed by atoms with E-state index in [1.165, 1.54) is 6.42 Å². The zero-order valence-corrected chi connectivity index (χ0v) is 11.8. The van der Waals surface area contributed by atoms with Crippen LogP contribution in [0.2, 0.25) is 0 Å². The molecule has 2 atom stereocenters. The third-order valence-corrected chi connectivity index (χ3v) is 3.21. The van der Waals surface area contributed by atoms with Gasteiger partial charge in [-0.25, -0.2) is 4.98 Å². The van der Waals surface area contributed by atoms with Crippen molar-refractivity contribution < 1.29 is 4.74 Å². The molecule has 0 bridgehead atoms. The summed E-state index contributed by atoms with van der Waals surface area (Å²) >= 11 is 0. The monoisotopic (exact) mass is 262 g/mol. The van der Waals surface area contributed by atoms with Gasteiger partial charge >= 0.3 is 0 Å². The highest BCUT2D eigenvalue weighted by Crippen LogP contribution is 2.28. The van der Waals surface area contributed by atoms with Crippen molar-refractivity contribution in [2.24, 2.45) is 10.9 Å². The molecule has 0 spiro atoms. The Hall–Kier alpha value is -1.78. The van der Waals surface area contributed by atoms with E-state index in [0.717, 1.165) is 17.4 Å². The summed E-state index contributed by atoms with van der Waals surface area (Å²) in [6.07, 6.45) is 2.99. The molecule has 0 radical (unpaired) electrons. The Morgan fingerprint density at radius 1 is 1.58 bits per heavy atom. The fourth-order valence-electron chi connectivity index (χ4n) is 1.87. The predicted molar refractivity (Wildman–Crippen MR) is 76.3 cm³/mol. The van der Waals surface area contributed by atoms with Crippen LogP contribution in [0.4, 0.5) is 0 Å². The standard InChI is InChI=1S/C14H22N4O/c1-4-19-13-8-11(5-6-16-13)9-17-14(15-3)18-12-7-10(12)2/h5-6,8,10,12H,4,7,9H2,1-3H3,(H2,15,17,18). The largest absolute Gasteiger partial charge is 0.478 e. The van der Waals surface area contributed by atoms with Crippen LogP contribution < -0.4 is 15.4 Å². The normalized spacial score (nSPS) is 21.9. The summed E-state index contributed by atoms with van der Waals surface area (Å²) in [6, 6.07) is 4.49. The first-order valence-electron chi connectivity index (χ1n) is 6.77. The average molecular weight is 262 g/mol. The lowest BCUT2D eigenvalue weighted by atomic mass is 10.2. The average Bonchev–Trinajstić information content (AvgIpc) is 3.11. The van der Waals surface area contributed by atoms with Gasteiger partial charge < -0.3 is 15.4 Å². The van der Waals surface area contributed by atoms with Crippen LogP contribution in [0.5, 0.6) is 5.88 Å². The van der Waals surface area contributed by atoms with E-state index in [1.807, 2.05) is 19.1 Å². The van der Waals surface area contributed by atoms with E-state index in [2.05, 4.69) is 27.5 Å². The Kier molecular flexibility index (Phi) is 4.60. The molecule has 1 aromatic heterocycles. The summed E-state index contributed by atoms with van der Waals surface area (Å²) in [6.45, 7) is 5.54. The summed E-state index contributed by atoms with van der Waals surface area (Å²) in [5, 5.41) is 6.69. The van der Waals surface area contributed by atoms with Crippen LogP contribution >= 0.6 is 0 Å². The van der Waals surface area contributed by atoms with E-state index in [1.54, 1.807) is 13.2 Å². The van der Waals surface area contributed by atoms with E-state index in [9.17, 15) is 0 Å². The van der Waals surface area contributed by atoms with Gasteiger partial charge in [0.2, 0.25) is 5.88 Å². The molecule has 0 aliphatic heterocycles. The Bertz CT molecular complexity index is 447. The number of hydrogen-bond acceptors (Lipinski definition) is 3. The fraction of sp³-hybridized carbons (Fsp3) is 0.571. The van der Waals surface area contributed by atoms with Gasteiger partial charge in [0, 0.05) is 31.9 Å². The highest BCUT2D eigenvalue weighted by atomic mass is 16.5. The van der Waals surface area contributed by atoms with Gasteiger partial charge in [-0.1, -0.05) is 6.92 Å².